The molecule has 44 heavy (non-hydrogen) atoms. The second kappa shape index (κ2) is 11.5. The smallest absolute Gasteiger partial charge is 0.308 e. The largest absolute Gasteiger partial charge is 0.493 e. The highest BCUT2D eigenvalue weighted by Gasteiger charge is 2.57. The van der Waals surface area contributed by atoms with Crippen molar-refractivity contribution in [1.29, 1.82) is 5.26 Å². The van der Waals surface area contributed by atoms with Gasteiger partial charge in [0, 0.05) is 61.8 Å². The van der Waals surface area contributed by atoms with E-state index in [0.717, 1.165) is 27.8 Å². The lowest BCUT2D eigenvalue weighted by Crippen LogP contribution is -2.68. The highest BCUT2D eigenvalue weighted by molar-refractivity contribution is 5.75. The Bertz CT molecular complexity index is 1570. The van der Waals surface area contributed by atoms with Crippen LogP contribution in [0.3, 0.4) is 0 Å². The normalized spacial score (nSPS) is 24.8. The number of carbonyl (C=O) groups is 2. The Balaban J connectivity index is 1.62. The number of hydrogen-bond donors (Lipinski definition) is 1. The number of likely N-dealkylation sites (N-methyl/N-ethyl adjacent to an activating group) is 1. The van der Waals surface area contributed by atoms with Crippen LogP contribution in [0.4, 0.5) is 0 Å². The van der Waals surface area contributed by atoms with Crippen molar-refractivity contribution in [3.05, 3.63) is 39.4 Å². The fourth-order valence-corrected chi connectivity index (χ4v) is 7.79. The van der Waals surface area contributed by atoms with Gasteiger partial charge in [-0.3, -0.25) is 19.4 Å². The number of hydrogen-bond acceptors (Lipinski definition) is 11. The molecule has 2 unspecified atom stereocenters. The number of methoxy groups -OCH3 is 2. The quantitative estimate of drug-likeness (QED) is 0.284. The summed E-state index contributed by atoms with van der Waals surface area (Å²) < 4.78 is 35.2. The molecule has 234 valence electrons. The van der Waals surface area contributed by atoms with Crippen molar-refractivity contribution in [1.82, 2.24) is 15.1 Å². The van der Waals surface area contributed by atoms with Gasteiger partial charge in [0.15, 0.2) is 29.8 Å². The van der Waals surface area contributed by atoms with Gasteiger partial charge in [-0.1, -0.05) is 6.07 Å². The predicted molar refractivity (Wildman–Crippen MR) is 157 cm³/mol. The maximum Gasteiger partial charge on any atom is 0.308 e. The molecule has 5 atom stereocenters. The average molecular weight is 607 g/mol. The zero-order valence-corrected chi connectivity index (χ0v) is 26.1. The molecular formula is C32H38N4O8. The molecule has 0 spiro atoms. The fourth-order valence-electron chi connectivity index (χ4n) is 7.79. The van der Waals surface area contributed by atoms with Gasteiger partial charge >= 0.3 is 5.97 Å². The van der Waals surface area contributed by atoms with Gasteiger partial charge in [-0.2, -0.15) is 5.26 Å². The van der Waals surface area contributed by atoms with Crippen LogP contribution in [0.2, 0.25) is 0 Å². The van der Waals surface area contributed by atoms with Crippen molar-refractivity contribution < 1.29 is 38.0 Å². The molecule has 4 aliphatic rings. The van der Waals surface area contributed by atoms with Crippen LogP contribution in [0.5, 0.6) is 28.7 Å². The summed E-state index contributed by atoms with van der Waals surface area (Å²) in [7, 11) is 5.24. The number of aryl methyl sites for hydroxylation is 1. The minimum atomic E-state index is -0.525. The Kier molecular flexibility index (Phi) is 7.82. The number of amides is 1. The van der Waals surface area contributed by atoms with Gasteiger partial charge in [-0.15, -0.1) is 0 Å². The lowest BCUT2D eigenvalue weighted by molar-refractivity contribution is -0.132. The molecule has 0 radical (unpaired) electrons. The second-order valence-electron chi connectivity index (χ2n) is 11.8. The van der Waals surface area contributed by atoms with Crippen molar-refractivity contribution >= 4 is 11.9 Å². The summed E-state index contributed by atoms with van der Waals surface area (Å²) in [6.45, 7) is 6.95. The Morgan fingerprint density at radius 3 is 2.48 bits per heavy atom. The molecule has 0 aromatic heterocycles. The van der Waals surface area contributed by atoms with Crippen molar-refractivity contribution in [3.63, 3.8) is 0 Å². The van der Waals surface area contributed by atoms with Crippen LogP contribution in [0.25, 0.3) is 0 Å². The van der Waals surface area contributed by atoms with Crippen LogP contribution in [0.1, 0.15) is 59.3 Å². The van der Waals surface area contributed by atoms with Crippen molar-refractivity contribution in [3.8, 4) is 34.8 Å². The molecule has 0 aliphatic carbocycles. The average Bonchev–Trinajstić information content (AvgIpc) is 3.47. The molecule has 2 aromatic rings. The van der Waals surface area contributed by atoms with Gasteiger partial charge in [0.05, 0.1) is 25.3 Å². The van der Waals surface area contributed by atoms with Gasteiger partial charge in [-0.05, 0) is 44.9 Å². The van der Waals surface area contributed by atoms with E-state index >= 15 is 0 Å². The number of ether oxygens (including phenoxy) is 6. The van der Waals surface area contributed by atoms with E-state index in [1.807, 2.05) is 20.9 Å². The molecule has 4 heterocycles. The van der Waals surface area contributed by atoms with E-state index in [-0.39, 0.29) is 44.2 Å². The molecular weight excluding hydrogens is 568 g/mol. The summed E-state index contributed by atoms with van der Waals surface area (Å²) >= 11 is 0. The van der Waals surface area contributed by atoms with Crippen molar-refractivity contribution in [2.75, 3.05) is 41.4 Å². The summed E-state index contributed by atoms with van der Waals surface area (Å²) in [6.07, 6.45) is 1.05. The second-order valence-corrected chi connectivity index (χ2v) is 11.8. The highest BCUT2D eigenvalue weighted by atomic mass is 16.7. The van der Waals surface area contributed by atoms with E-state index in [9.17, 15) is 14.9 Å². The molecule has 1 fully saturated rings. The number of nitrogens with one attached hydrogen (secondary N) is 1. The monoisotopic (exact) mass is 606 g/mol. The lowest BCUT2D eigenvalue weighted by atomic mass is 9.71. The standard InChI is InChI=1S/C32H38N4O8/c1-15-8-19-9-21-23(11-33)36-22(27(35(21)5)25(19)31(28(15)40-7)41-13-39-6)10-20-26(24(36)12-34-17(3)37)32-30(42-14-43-32)16(2)29(20)44-18(4)38/h8,21-24,27H,9-10,12-14H2,1-7H3,(H,34,37)/t21?,22?,23-,24-,27-/m0/s1. The van der Waals surface area contributed by atoms with Gasteiger partial charge in [-0.25, -0.2) is 0 Å². The molecule has 12 nitrogen and oxygen atoms in total. The molecule has 1 amide bonds. The molecule has 6 rings (SSSR count). The van der Waals surface area contributed by atoms with E-state index in [1.165, 1.54) is 13.8 Å². The Hall–Kier alpha value is -4.05. The van der Waals surface area contributed by atoms with Crippen LogP contribution in [0, 0.1) is 25.2 Å². The third kappa shape index (κ3) is 4.53. The third-order valence-corrected chi connectivity index (χ3v) is 9.36. The number of fused-ring (bicyclic) bond motifs is 9. The van der Waals surface area contributed by atoms with Gasteiger partial charge in [0.2, 0.25) is 12.7 Å². The molecule has 2 bridgehead atoms. The summed E-state index contributed by atoms with van der Waals surface area (Å²) in [5, 5.41) is 13.8. The SMILES string of the molecule is COCOc1c(OC)c(C)cc2c1[C@@H]1C3Cc4c(OC(C)=O)c(C)c5c(c4[C@H](CNC(C)=O)N3[C@@H](C#N)C(C2)N1C)OCO5. The first kappa shape index (κ1) is 30.0. The number of carbonyl (C=O) groups excluding carboxylic acids is 2. The van der Waals surface area contributed by atoms with Gasteiger partial charge in [0.1, 0.15) is 11.8 Å². The van der Waals surface area contributed by atoms with E-state index in [1.54, 1.807) is 14.2 Å². The first-order valence-electron chi connectivity index (χ1n) is 14.7. The Morgan fingerprint density at radius 2 is 1.82 bits per heavy atom. The van der Waals surface area contributed by atoms with Gasteiger partial charge in [0.25, 0.3) is 0 Å². The summed E-state index contributed by atoms with van der Waals surface area (Å²) in [4.78, 5) is 29.2. The van der Waals surface area contributed by atoms with Crippen molar-refractivity contribution in [2.45, 2.75) is 70.7 Å². The first-order valence-corrected chi connectivity index (χ1v) is 14.7. The number of esters is 1. The Morgan fingerprint density at radius 1 is 1.07 bits per heavy atom. The molecule has 12 heteroatoms. The summed E-state index contributed by atoms with van der Waals surface area (Å²) in [6, 6.07) is 3.08. The van der Waals surface area contributed by atoms with Gasteiger partial charge < -0.3 is 33.7 Å². The van der Waals surface area contributed by atoms with Crippen LogP contribution in [-0.4, -0.2) is 81.2 Å². The van der Waals surface area contributed by atoms with Crippen LogP contribution in [-0.2, 0) is 27.2 Å². The zero-order chi connectivity index (χ0) is 31.4. The zero-order valence-electron chi connectivity index (χ0n) is 26.1. The maximum absolute atomic E-state index is 12.4. The fraction of sp³-hybridized carbons (Fsp3) is 0.531. The number of benzene rings is 2. The number of nitriles is 1. The van der Waals surface area contributed by atoms with E-state index in [0.29, 0.717) is 47.2 Å². The molecule has 1 N–H and O–H groups in total. The van der Waals surface area contributed by atoms with Crippen LogP contribution in [0.15, 0.2) is 6.07 Å². The molecule has 0 saturated carbocycles. The number of nitrogens with zero attached hydrogens (tertiary/aromatic N) is 3. The van der Waals surface area contributed by atoms with E-state index in [2.05, 4.69) is 27.3 Å². The van der Waals surface area contributed by atoms with Crippen LogP contribution < -0.4 is 29.0 Å². The minimum absolute atomic E-state index is 0.0187. The minimum Gasteiger partial charge on any atom is -0.493 e. The van der Waals surface area contributed by atoms with Crippen LogP contribution >= 0.6 is 0 Å². The highest BCUT2D eigenvalue weighted by Crippen LogP contribution is 2.58. The Labute approximate surface area is 256 Å². The van der Waals surface area contributed by atoms with E-state index in [4.69, 9.17) is 28.4 Å². The number of rotatable bonds is 7. The third-order valence-electron chi connectivity index (χ3n) is 9.36. The van der Waals surface area contributed by atoms with E-state index < -0.39 is 18.1 Å². The number of piperazine rings is 1. The summed E-state index contributed by atoms with van der Waals surface area (Å²) in [5.74, 6) is 2.09. The molecule has 1 saturated heterocycles. The lowest BCUT2D eigenvalue weighted by Gasteiger charge is -2.60. The maximum atomic E-state index is 12.4. The first-order chi connectivity index (χ1) is 21.1. The molecule has 4 aliphatic heterocycles. The topological polar surface area (TPSA) is 132 Å². The van der Waals surface area contributed by atoms with Crippen molar-refractivity contribution in [2.24, 2.45) is 0 Å². The predicted octanol–water partition coefficient (Wildman–Crippen LogP) is 2.86. The molecule has 2 aromatic carbocycles. The summed E-state index contributed by atoms with van der Waals surface area (Å²) in [5.41, 5.74) is 5.24.